The average Bonchev–Trinajstić information content (AvgIpc) is 3.31. The molecule has 3 N–H and O–H groups in total. The molecule has 3 aliphatic rings. The van der Waals surface area contributed by atoms with Crippen LogP contribution in [0.2, 0.25) is 5.02 Å². The number of hydrogen-bond donors (Lipinski definition) is 3. The lowest BCUT2D eigenvalue weighted by molar-refractivity contribution is -0.139. The van der Waals surface area contributed by atoms with Gasteiger partial charge in [0.1, 0.15) is 0 Å². The van der Waals surface area contributed by atoms with Gasteiger partial charge in [0.05, 0.1) is 27.4 Å². The van der Waals surface area contributed by atoms with Gasteiger partial charge in [0.25, 0.3) is 5.91 Å². The minimum absolute atomic E-state index is 0.132. The standard InChI is InChI=1S/C20H17ClF3NO5S/c21-13-2-1-9(19(27)25-11-6-14(22)18(24)15(23)7-11)3-17(13)31(29,30)16-5-10-4-12(16)20(10,28)8-26/h1-3,6-7,10,12,16,26,28H,4-5,8H2,(H,25,27)/t10?,12?,16?,20-/m0/s1. The Labute approximate surface area is 180 Å². The Morgan fingerprint density at radius 2 is 1.81 bits per heavy atom. The number of nitrogens with one attached hydrogen (secondary N) is 1. The van der Waals surface area contributed by atoms with Gasteiger partial charge >= 0.3 is 0 Å². The lowest BCUT2D eigenvalue weighted by Crippen LogP contribution is -2.54. The molecule has 0 saturated heterocycles. The van der Waals surface area contributed by atoms with Crippen LogP contribution in [0.15, 0.2) is 35.2 Å². The first-order valence-corrected chi connectivity index (χ1v) is 11.2. The molecule has 11 heteroatoms. The van der Waals surface area contributed by atoms with Crippen molar-refractivity contribution >= 4 is 33.0 Å². The van der Waals surface area contributed by atoms with E-state index < -0.39 is 56.6 Å². The summed E-state index contributed by atoms with van der Waals surface area (Å²) >= 11 is 6.09. The normalized spacial score (nSPS) is 27.1. The van der Waals surface area contributed by atoms with E-state index in [0.29, 0.717) is 18.6 Å². The van der Waals surface area contributed by atoms with Crippen LogP contribution in [0, 0.1) is 29.3 Å². The van der Waals surface area contributed by atoms with Crippen LogP contribution in [0.1, 0.15) is 23.2 Å². The van der Waals surface area contributed by atoms with Crippen molar-refractivity contribution in [3.05, 3.63) is 58.4 Å². The maximum atomic E-state index is 13.4. The van der Waals surface area contributed by atoms with Crippen LogP contribution in [-0.4, -0.2) is 42.0 Å². The van der Waals surface area contributed by atoms with Crippen molar-refractivity contribution in [3.8, 4) is 0 Å². The first-order chi connectivity index (χ1) is 14.5. The van der Waals surface area contributed by atoms with Crippen LogP contribution >= 0.6 is 11.6 Å². The number of fused-ring (bicyclic) bond motifs is 1. The number of sulfone groups is 1. The Kier molecular flexibility index (Phi) is 5.32. The van der Waals surface area contributed by atoms with E-state index in [1.165, 1.54) is 12.1 Å². The summed E-state index contributed by atoms with van der Waals surface area (Å²) in [6.45, 7) is -0.546. The van der Waals surface area contributed by atoms with Gasteiger partial charge in [-0.2, -0.15) is 0 Å². The molecule has 0 radical (unpaired) electrons. The summed E-state index contributed by atoms with van der Waals surface area (Å²) in [6, 6.07) is 4.64. The summed E-state index contributed by atoms with van der Waals surface area (Å²) in [5, 5.41) is 21.0. The molecule has 0 spiro atoms. The number of halogens is 4. The second kappa shape index (κ2) is 7.47. The summed E-state index contributed by atoms with van der Waals surface area (Å²) in [6.07, 6.45) is 0.616. The number of amides is 1. The van der Waals surface area contributed by atoms with E-state index >= 15 is 0 Å². The van der Waals surface area contributed by atoms with Crippen molar-refractivity contribution < 1.29 is 36.6 Å². The van der Waals surface area contributed by atoms with Crippen LogP contribution in [0.4, 0.5) is 18.9 Å². The van der Waals surface area contributed by atoms with Crippen LogP contribution in [-0.2, 0) is 9.84 Å². The molecule has 1 amide bonds. The number of aliphatic hydroxyl groups is 2. The van der Waals surface area contributed by atoms with Gasteiger partial charge in [0.15, 0.2) is 27.3 Å². The van der Waals surface area contributed by atoms with Crippen LogP contribution < -0.4 is 5.32 Å². The number of aliphatic hydroxyl groups excluding tert-OH is 1. The van der Waals surface area contributed by atoms with Crippen molar-refractivity contribution in [1.82, 2.24) is 0 Å². The molecule has 2 aromatic carbocycles. The first-order valence-electron chi connectivity index (χ1n) is 9.31. The predicted octanol–water partition coefficient (Wildman–Crippen LogP) is 2.92. The lowest BCUT2D eigenvalue weighted by Gasteiger charge is -2.44. The van der Waals surface area contributed by atoms with E-state index in [1.807, 2.05) is 0 Å². The summed E-state index contributed by atoms with van der Waals surface area (Å²) in [5.41, 5.74) is -1.96. The molecule has 0 heterocycles. The average molecular weight is 476 g/mol. The molecular weight excluding hydrogens is 459 g/mol. The highest BCUT2D eigenvalue weighted by Gasteiger charge is 2.66. The highest BCUT2D eigenvalue weighted by atomic mass is 35.5. The number of rotatable bonds is 5. The smallest absolute Gasteiger partial charge is 0.255 e. The van der Waals surface area contributed by atoms with Gasteiger partial charge in [-0.3, -0.25) is 4.79 Å². The number of benzene rings is 2. The van der Waals surface area contributed by atoms with Crippen molar-refractivity contribution in [1.29, 1.82) is 0 Å². The summed E-state index contributed by atoms with van der Waals surface area (Å²) in [5.74, 6) is -6.55. The van der Waals surface area contributed by atoms with Gasteiger partial charge in [-0.05, 0) is 37.0 Å². The third-order valence-electron chi connectivity index (χ3n) is 6.25. The fraction of sp³-hybridized carbons (Fsp3) is 0.350. The molecule has 2 bridgehead atoms. The van der Waals surface area contributed by atoms with Crippen molar-refractivity contribution in [3.63, 3.8) is 0 Å². The monoisotopic (exact) mass is 475 g/mol. The number of anilines is 1. The van der Waals surface area contributed by atoms with Crippen molar-refractivity contribution in [2.45, 2.75) is 28.6 Å². The molecule has 166 valence electrons. The van der Waals surface area contributed by atoms with Gasteiger partial charge in [-0.1, -0.05) is 11.6 Å². The number of carbonyl (C=O) groups is 1. The van der Waals surface area contributed by atoms with E-state index in [2.05, 4.69) is 5.32 Å². The molecule has 5 rings (SSSR count). The third kappa shape index (κ3) is 3.42. The fourth-order valence-corrected chi connectivity index (χ4v) is 7.18. The molecule has 3 aliphatic carbocycles. The maximum absolute atomic E-state index is 13.4. The van der Waals surface area contributed by atoms with Gasteiger partial charge in [-0.25, -0.2) is 21.6 Å². The maximum Gasteiger partial charge on any atom is 0.255 e. The molecule has 2 aromatic rings. The van der Waals surface area contributed by atoms with Gasteiger partial charge in [0.2, 0.25) is 0 Å². The topological polar surface area (TPSA) is 104 Å². The minimum Gasteiger partial charge on any atom is -0.393 e. The Morgan fingerprint density at radius 1 is 1.16 bits per heavy atom. The highest BCUT2D eigenvalue weighted by molar-refractivity contribution is 7.92. The molecular formula is C20H17ClF3NO5S. The summed E-state index contributed by atoms with van der Waals surface area (Å²) in [7, 11) is -4.06. The zero-order chi connectivity index (χ0) is 22.7. The summed E-state index contributed by atoms with van der Waals surface area (Å²) in [4.78, 5) is 12.2. The van der Waals surface area contributed by atoms with E-state index in [-0.39, 0.29) is 33.5 Å². The Bertz CT molecular complexity index is 1170. The third-order valence-corrected chi connectivity index (χ3v) is 8.96. The van der Waals surface area contributed by atoms with E-state index in [4.69, 9.17) is 11.6 Å². The largest absolute Gasteiger partial charge is 0.393 e. The first kappa shape index (κ1) is 22.1. The Hall–Kier alpha value is -2.14. The SMILES string of the molecule is O=C(Nc1cc(F)c(F)c(F)c1)c1ccc(Cl)c(S(=O)(=O)C2CC3CC2[C@]3(O)CO)c1. The quantitative estimate of drug-likeness (QED) is 0.577. The second-order valence-corrected chi connectivity index (χ2v) is 10.4. The molecule has 0 aliphatic heterocycles. The number of carbonyl (C=O) groups excluding carboxylic acids is 1. The molecule has 6 nitrogen and oxygen atoms in total. The molecule has 3 fully saturated rings. The predicted molar refractivity (Wildman–Crippen MR) is 105 cm³/mol. The van der Waals surface area contributed by atoms with Gasteiger partial charge < -0.3 is 15.5 Å². The van der Waals surface area contributed by atoms with Crippen LogP contribution in [0.25, 0.3) is 0 Å². The van der Waals surface area contributed by atoms with Crippen LogP contribution in [0.3, 0.4) is 0 Å². The number of hydrogen-bond acceptors (Lipinski definition) is 5. The van der Waals surface area contributed by atoms with Gasteiger partial charge in [0, 0.05) is 29.3 Å². The van der Waals surface area contributed by atoms with Gasteiger partial charge in [-0.15, -0.1) is 0 Å². The molecule has 4 atom stereocenters. The Morgan fingerprint density at radius 3 is 2.39 bits per heavy atom. The summed E-state index contributed by atoms with van der Waals surface area (Å²) < 4.78 is 66.2. The van der Waals surface area contributed by atoms with E-state index in [9.17, 15) is 36.6 Å². The van der Waals surface area contributed by atoms with Crippen molar-refractivity contribution in [2.75, 3.05) is 11.9 Å². The molecule has 31 heavy (non-hydrogen) atoms. The zero-order valence-corrected chi connectivity index (χ0v) is 17.4. The fourth-order valence-electron chi connectivity index (χ4n) is 4.52. The minimum atomic E-state index is -4.06. The second-order valence-electron chi connectivity index (χ2n) is 7.86. The van der Waals surface area contributed by atoms with Crippen LogP contribution in [0.5, 0.6) is 0 Å². The molecule has 0 aromatic heterocycles. The highest BCUT2D eigenvalue weighted by Crippen LogP contribution is 2.59. The lowest BCUT2D eigenvalue weighted by atomic mass is 9.68. The Balaban J connectivity index is 1.63. The molecule has 3 unspecified atom stereocenters. The molecule has 3 saturated carbocycles. The van der Waals surface area contributed by atoms with E-state index in [0.717, 1.165) is 6.07 Å². The van der Waals surface area contributed by atoms with Crippen molar-refractivity contribution in [2.24, 2.45) is 11.8 Å². The van der Waals surface area contributed by atoms with E-state index in [1.54, 1.807) is 0 Å². The zero-order valence-electron chi connectivity index (χ0n) is 15.8.